The van der Waals surface area contributed by atoms with E-state index in [4.69, 9.17) is 10.9 Å². The number of nitrogen functional groups attached to an aromatic ring is 1. The third-order valence-corrected chi connectivity index (χ3v) is 7.44. The molecule has 0 spiro atoms. The Morgan fingerprint density at radius 2 is 2.00 bits per heavy atom. The van der Waals surface area contributed by atoms with E-state index in [9.17, 15) is 8.42 Å². The van der Waals surface area contributed by atoms with Gasteiger partial charge in [-0.15, -0.1) is 10.2 Å². The van der Waals surface area contributed by atoms with E-state index >= 15 is 0 Å². The lowest BCUT2D eigenvalue weighted by Gasteiger charge is -2.26. The van der Waals surface area contributed by atoms with Gasteiger partial charge in [0.2, 0.25) is 15.8 Å². The van der Waals surface area contributed by atoms with Crippen molar-refractivity contribution < 1.29 is 8.42 Å². The number of para-hydroxylation sites is 1. The van der Waals surface area contributed by atoms with Gasteiger partial charge in [0.15, 0.2) is 5.13 Å². The lowest BCUT2D eigenvalue weighted by Crippen LogP contribution is -2.20. The summed E-state index contributed by atoms with van der Waals surface area (Å²) in [6, 6.07) is 9.41. The monoisotopic (exact) mass is 441 g/mol. The van der Waals surface area contributed by atoms with Crippen molar-refractivity contribution in [3.63, 3.8) is 0 Å². The van der Waals surface area contributed by atoms with Gasteiger partial charge in [0.05, 0.1) is 20.7 Å². The van der Waals surface area contributed by atoms with Gasteiger partial charge in [-0.3, -0.25) is 0 Å². The number of nitrogens with two attached hydrogens (primary N) is 2. The number of hydrogen-bond donors (Lipinski definition) is 3. The molecule has 1 aliphatic rings. The maximum atomic E-state index is 12.8. The summed E-state index contributed by atoms with van der Waals surface area (Å²) in [6.45, 7) is 0. The van der Waals surface area contributed by atoms with Crippen LogP contribution in [0.25, 0.3) is 32.7 Å². The molecular formula is C19H19N7O2S2. The van der Waals surface area contributed by atoms with E-state index in [-0.39, 0.29) is 10.7 Å². The van der Waals surface area contributed by atoms with Crippen molar-refractivity contribution in [2.24, 2.45) is 11.1 Å². The zero-order chi connectivity index (χ0) is 20.9. The number of sulfonamides is 1. The number of thiazole rings is 1. The average Bonchev–Trinajstić information content (AvgIpc) is 3.31. The summed E-state index contributed by atoms with van der Waals surface area (Å²) in [5.74, 6) is 0.626. The van der Waals surface area contributed by atoms with Gasteiger partial charge in [-0.1, -0.05) is 54.9 Å². The molecule has 1 aliphatic carbocycles. The Labute approximate surface area is 176 Å². The molecule has 2 heterocycles. The van der Waals surface area contributed by atoms with Crippen LogP contribution in [0.3, 0.4) is 0 Å². The minimum atomic E-state index is -4.06. The average molecular weight is 442 g/mol. The number of fused-ring (bicyclic) bond motifs is 1. The van der Waals surface area contributed by atoms with Crippen molar-refractivity contribution in [3.8, 4) is 22.5 Å². The van der Waals surface area contributed by atoms with Crippen LogP contribution in [0, 0.1) is 5.92 Å². The van der Waals surface area contributed by atoms with Crippen molar-refractivity contribution >= 4 is 36.7 Å². The molecule has 1 saturated carbocycles. The lowest BCUT2D eigenvalue weighted by atomic mass is 9.80. The van der Waals surface area contributed by atoms with Gasteiger partial charge >= 0.3 is 0 Å². The quantitative estimate of drug-likeness (QED) is 0.430. The summed E-state index contributed by atoms with van der Waals surface area (Å²) in [6.07, 6.45) is 3.98. The highest BCUT2D eigenvalue weighted by atomic mass is 32.2. The lowest BCUT2D eigenvalue weighted by molar-refractivity contribution is 0.313. The molecule has 30 heavy (non-hydrogen) atoms. The van der Waals surface area contributed by atoms with Crippen LogP contribution in [0.1, 0.15) is 24.8 Å². The first-order chi connectivity index (χ1) is 14.4. The van der Waals surface area contributed by atoms with Gasteiger partial charge in [0.25, 0.3) is 0 Å². The fourth-order valence-electron chi connectivity index (χ4n) is 4.02. The first-order valence-electron chi connectivity index (χ1n) is 9.49. The summed E-state index contributed by atoms with van der Waals surface area (Å²) in [7, 11) is -4.06. The molecule has 2 aromatic heterocycles. The van der Waals surface area contributed by atoms with Crippen molar-refractivity contribution in [2.45, 2.75) is 30.6 Å². The molecule has 5 N–H and O–H groups in total. The Morgan fingerprint density at radius 3 is 2.67 bits per heavy atom. The van der Waals surface area contributed by atoms with Crippen LogP contribution in [0.4, 0.5) is 5.13 Å². The third-order valence-electron chi connectivity index (χ3n) is 5.55. The molecule has 9 nitrogen and oxygen atoms in total. The number of aromatic amines is 1. The van der Waals surface area contributed by atoms with Gasteiger partial charge in [0, 0.05) is 5.56 Å². The number of nitrogens with zero attached hydrogens (tertiary/aromatic N) is 4. The molecule has 2 aromatic carbocycles. The molecule has 0 aliphatic heterocycles. The minimum Gasteiger partial charge on any atom is -0.375 e. The van der Waals surface area contributed by atoms with Gasteiger partial charge in [0.1, 0.15) is 0 Å². The van der Waals surface area contributed by atoms with Crippen LogP contribution in [0.5, 0.6) is 0 Å². The van der Waals surface area contributed by atoms with E-state index in [1.165, 1.54) is 17.8 Å². The van der Waals surface area contributed by atoms with Crippen molar-refractivity contribution in [3.05, 3.63) is 35.9 Å². The zero-order valence-electron chi connectivity index (χ0n) is 15.9. The first-order valence-corrected chi connectivity index (χ1v) is 11.9. The second-order valence-corrected chi connectivity index (χ2v) is 10.0. The molecule has 154 valence electrons. The topological polar surface area (TPSA) is 154 Å². The van der Waals surface area contributed by atoms with Crippen LogP contribution in [0.15, 0.2) is 35.2 Å². The molecule has 0 amide bonds. The molecule has 0 radical (unpaired) electrons. The number of aromatic nitrogens is 5. The summed E-state index contributed by atoms with van der Waals surface area (Å²) >= 11 is 1.37. The number of rotatable bonds is 5. The number of H-pyrrole nitrogens is 1. The molecule has 11 heteroatoms. The number of benzene rings is 2. The number of anilines is 1. The third kappa shape index (κ3) is 3.24. The van der Waals surface area contributed by atoms with Crippen LogP contribution in [0.2, 0.25) is 0 Å². The number of tetrazole rings is 1. The molecule has 0 saturated heterocycles. The van der Waals surface area contributed by atoms with Crippen molar-refractivity contribution in [2.75, 3.05) is 5.73 Å². The molecule has 1 fully saturated rings. The van der Waals surface area contributed by atoms with Crippen molar-refractivity contribution in [1.29, 1.82) is 0 Å². The van der Waals surface area contributed by atoms with Crippen LogP contribution in [-0.4, -0.2) is 34.0 Å². The van der Waals surface area contributed by atoms with Crippen LogP contribution in [-0.2, 0) is 16.4 Å². The fourth-order valence-corrected chi connectivity index (χ4v) is 5.78. The maximum absolute atomic E-state index is 12.8. The molecule has 0 bridgehead atoms. The van der Waals surface area contributed by atoms with E-state index in [0.29, 0.717) is 39.7 Å². The highest BCUT2D eigenvalue weighted by molar-refractivity contribution is 7.89. The summed E-state index contributed by atoms with van der Waals surface area (Å²) < 4.78 is 26.4. The largest absolute Gasteiger partial charge is 0.375 e. The van der Waals surface area contributed by atoms with Gasteiger partial charge in [-0.2, -0.15) is 5.21 Å². The fraction of sp³-hybridized carbons (Fsp3) is 0.263. The van der Waals surface area contributed by atoms with Crippen LogP contribution < -0.4 is 10.9 Å². The number of nitrogens with one attached hydrogen (secondary N) is 1. The Hall–Kier alpha value is -2.89. The Morgan fingerprint density at radius 1 is 1.17 bits per heavy atom. The van der Waals surface area contributed by atoms with E-state index in [1.807, 2.05) is 30.3 Å². The molecule has 5 rings (SSSR count). The maximum Gasteiger partial charge on any atom is 0.239 e. The first kappa shape index (κ1) is 19.1. The Balaban J connectivity index is 1.83. The van der Waals surface area contributed by atoms with E-state index in [2.05, 4.69) is 25.6 Å². The predicted molar refractivity (Wildman–Crippen MR) is 115 cm³/mol. The molecule has 0 atom stereocenters. The highest BCUT2D eigenvalue weighted by Crippen LogP contribution is 2.42. The van der Waals surface area contributed by atoms with Gasteiger partial charge in [-0.25, -0.2) is 18.5 Å². The van der Waals surface area contributed by atoms with Gasteiger partial charge in [-0.05, 0) is 34.7 Å². The zero-order valence-corrected chi connectivity index (χ0v) is 17.5. The molecule has 4 aromatic rings. The Kier molecular flexibility index (Phi) is 4.53. The standard InChI is InChI=1S/C19H19N7O2S2/c20-19-22-16-13(5-2-6-14(16)29-19)12-8-7-11(9-10-3-1-4-10)17(30(21,27)28)15(12)18-23-25-26-24-18/h2,5-8,10H,1,3-4,9H2,(H2,20,22)(H2,21,27,28)(H,23,24,25,26). The van der Waals surface area contributed by atoms with E-state index < -0.39 is 10.0 Å². The SMILES string of the molecule is Nc1nc2c(-c3ccc(CC4CCC4)c(S(N)(=O)=O)c3-c3nn[nH]n3)cccc2s1. The number of primary sulfonamides is 1. The normalized spacial score (nSPS) is 14.8. The van der Waals surface area contributed by atoms with Crippen molar-refractivity contribution in [1.82, 2.24) is 25.6 Å². The van der Waals surface area contributed by atoms with E-state index in [0.717, 1.165) is 23.1 Å². The highest BCUT2D eigenvalue weighted by Gasteiger charge is 2.29. The minimum absolute atomic E-state index is 0.0495. The van der Waals surface area contributed by atoms with Gasteiger partial charge < -0.3 is 5.73 Å². The van der Waals surface area contributed by atoms with E-state index in [1.54, 1.807) is 0 Å². The smallest absolute Gasteiger partial charge is 0.239 e. The number of hydrogen-bond acceptors (Lipinski definition) is 8. The summed E-state index contributed by atoms with van der Waals surface area (Å²) in [5.41, 5.74) is 8.98. The predicted octanol–water partition coefficient (Wildman–Crippen LogP) is 2.72. The molecular weight excluding hydrogens is 422 g/mol. The summed E-state index contributed by atoms with van der Waals surface area (Å²) in [5, 5.41) is 20.4. The molecule has 0 unspecified atom stereocenters. The second kappa shape index (κ2) is 7.11. The second-order valence-electron chi connectivity index (χ2n) is 7.46. The van der Waals surface area contributed by atoms with Crippen LogP contribution >= 0.6 is 11.3 Å². The Bertz CT molecular complexity index is 1340. The summed E-state index contributed by atoms with van der Waals surface area (Å²) in [4.78, 5) is 4.50.